The normalized spacial score (nSPS) is 15.1. The van der Waals surface area contributed by atoms with Crippen molar-refractivity contribution in [1.29, 1.82) is 0 Å². The average Bonchev–Trinajstić information content (AvgIpc) is 2.28. The van der Waals surface area contributed by atoms with Gasteiger partial charge in [0.15, 0.2) is 0 Å². The van der Waals surface area contributed by atoms with Gasteiger partial charge in [-0.1, -0.05) is 0 Å². The van der Waals surface area contributed by atoms with Gasteiger partial charge in [0, 0.05) is 39.0 Å². The number of carbonyl (C=O) groups is 2. The summed E-state index contributed by atoms with van der Waals surface area (Å²) in [5, 5.41) is 2.90. The molecule has 2 heterocycles. The highest BCUT2D eigenvalue weighted by molar-refractivity contribution is 5.83. The molecule has 5 nitrogen and oxygen atoms in total. The second-order valence-corrected chi connectivity index (χ2v) is 4.52. The molecule has 2 amide bonds. The fraction of sp³-hybridized carbons (Fsp3) is 0.462. The van der Waals surface area contributed by atoms with Gasteiger partial charge < -0.3 is 10.2 Å². The van der Waals surface area contributed by atoms with E-state index in [1.165, 1.54) is 6.92 Å². The molecule has 1 aliphatic rings. The van der Waals surface area contributed by atoms with Crippen molar-refractivity contribution in [3.05, 3.63) is 30.1 Å². The third-order valence-electron chi connectivity index (χ3n) is 3.16. The highest BCUT2D eigenvalue weighted by atomic mass is 16.2. The van der Waals surface area contributed by atoms with E-state index in [1.807, 2.05) is 12.1 Å². The third kappa shape index (κ3) is 3.06. The van der Waals surface area contributed by atoms with Crippen LogP contribution < -0.4 is 5.32 Å². The summed E-state index contributed by atoms with van der Waals surface area (Å²) in [6.07, 6.45) is 4.29. The van der Waals surface area contributed by atoms with Gasteiger partial charge in [0.05, 0.1) is 5.92 Å². The molecule has 1 saturated heterocycles. The van der Waals surface area contributed by atoms with Crippen LogP contribution in [0.2, 0.25) is 0 Å². The van der Waals surface area contributed by atoms with E-state index in [-0.39, 0.29) is 17.7 Å². The second kappa shape index (κ2) is 5.62. The van der Waals surface area contributed by atoms with Crippen molar-refractivity contribution in [2.45, 2.75) is 13.3 Å². The van der Waals surface area contributed by atoms with Crippen LogP contribution in [0.15, 0.2) is 24.5 Å². The van der Waals surface area contributed by atoms with Gasteiger partial charge in [-0.15, -0.1) is 0 Å². The lowest BCUT2D eigenvalue weighted by atomic mass is 9.99. The summed E-state index contributed by atoms with van der Waals surface area (Å²) in [5.74, 6) is 0.0451. The SMILES string of the molecule is CC(=O)N1CC(C(=O)NCCc2ccncc2)C1. The van der Waals surface area contributed by atoms with Crippen LogP contribution in [0.4, 0.5) is 0 Å². The van der Waals surface area contributed by atoms with Crippen LogP contribution in [-0.2, 0) is 16.0 Å². The zero-order valence-corrected chi connectivity index (χ0v) is 10.4. The van der Waals surface area contributed by atoms with Crippen LogP contribution in [0, 0.1) is 5.92 Å². The van der Waals surface area contributed by atoms with Crippen LogP contribution in [0.3, 0.4) is 0 Å². The van der Waals surface area contributed by atoms with E-state index in [1.54, 1.807) is 17.3 Å². The van der Waals surface area contributed by atoms with Crippen molar-refractivity contribution >= 4 is 11.8 Å². The van der Waals surface area contributed by atoms with Gasteiger partial charge >= 0.3 is 0 Å². The van der Waals surface area contributed by atoms with Crippen LogP contribution >= 0.6 is 0 Å². The number of rotatable bonds is 4. The molecule has 18 heavy (non-hydrogen) atoms. The molecule has 1 aromatic rings. The van der Waals surface area contributed by atoms with Gasteiger partial charge in [0.1, 0.15) is 0 Å². The van der Waals surface area contributed by atoms with Gasteiger partial charge in [-0.25, -0.2) is 0 Å². The van der Waals surface area contributed by atoms with Crippen molar-refractivity contribution in [2.75, 3.05) is 19.6 Å². The third-order valence-corrected chi connectivity index (χ3v) is 3.16. The first kappa shape index (κ1) is 12.5. The van der Waals surface area contributed by atoms with Gasteiger partial charge in [-0.2, -0.15) is 0 Å². The van der Waals surface area contributed by atoms with Gasteiger partial charge in [-0.3, -0.25) is 14.6 Å². The first-order chi connectivity index (χ1) is 8.66. The number of hydrogen-bond acceptors (Lipinski definition) is 3. The highest BCUT2D eigenvalue weighted by Gasteiger charge is 2.33. The summed E-state index contributed by atoms with van der Waals surface area (Å²) < 4.78 is 0. The number of nitrogens with zero attached hydrogens (tertiary/aromatic N) is 2. The molecular formula is C13H17N3O2. The zero-order valence-electron chi connectivity index (χ0n) is 10.4. The minimum atomic E-state index is -0.0358. The Labute approximate surface area is 106 Å². The fourth-order valence-electron chi connectivity index (χ4n) is 1.93. The van der Waals surface area contributed by atoms with E-state index in [0.29, 0.717) is 19.6 Å². The van der Waals surface area contributed by atoms with Crippen molar-refractivity contribution < 1.29 is 9.59 Å². The van der Waals surface area contributed by atoms with E-state index in [4.69, 9.17) is 0 Å². The Morgan fingerprint density at radius 1 is 1.39 bits per heavy atom. The Bertz CT molecular complexity index is 427. The zero-order chi connectivity index (χ0) is 13.0. The van der Waals surface area contributed by atoms with Gasteiger partial charge in [-0.05, 0) is 24.1 Å². The lowest BCUT2D eigenvalue weighted by molar-refractivity contribution is -0.141. The summed E-state index contributed by atoms with van der Waals surface area (Å²) in [4.78, 5) is 28.3. The van der Waals surface area contributed by atoms with Crippen LogP contribution in [-0.4, -0.2) is 41.3 Å². The number of aromatic nitrogens is 1. The molecular weight excluding hydrogens is 230 g/mol. The molecule has 96 valence electrons. The maximum absolute atomic E-state index is 11.7. The van der Waals surface area contributed by atoms with Crippen molar-refractivity contribution in [1.82, 2.24) is 15.2 Å². The Morgan fingerprint density at radius 3 is 2.67 bits per heavy atom. The van der Waals surface area contributed by atoms with E-state index in [0.717, 1.165) is 12.0 Å². The number of carbonyl (C=O) groups excluding carboxylic acids is 2. The Kier molecular flexibility index (Phi) is 3.92. The summed E-state index contributed by atoms with van der Waals surface area (Å²) in [7, 11) is 0. The highest BCUT2D eigenvalue weighted by Crippen LogP contribution is 2.15. The molecule has 1 N–H and O–H groups in total. The van der Waals surface area contributed by atoms with E-state index >= 15 is 0 Å². The summed E-state index contributed by atoms with van der Waals surface area (Å²) in [6.45, 7) is 3.25. The number of likely N-dealkylation sites (tertiary alicyclic amines) is 1. The number of pyridine rings is 1. The molecule has 2 rings (SSSR count). The number of hydrogen-bond donors (Lipinski definition) is 1. The average molecular weight is 247 g/mol. The summed E-state index contributed by atoms with van der Waals surface area (Å²) in [5.41, 5.74) is 1.16. The van der Waals surface area contributed by atoms with Crippen LogP contribution in [0.1, 0.15) is 12.5 Å². The quantitative estimate of drug-likeness (QED) is 0.828. The molecule has 0 bridgehead atoms. The number of nitrogens with one attached hydrogen (secondary N) is 1. The first-order valence-electron chi connectivity index (χ1n) is 6.09. The predicted molar refractivity (Wildman–Crippen MR) is 66.7 cm³/mol. The predicted octanol–water partition coefficient (Wildman–Crippen LogP) is 0.219. The Morgan fingerprint density at radius 2 is 2.06 bits per heavy atom. The molecule has 1 fully saturated rings. The molecule has 1 aliphatic heterocycles. The van der Waals surface area contributed by atoms with Crippen molar-refractivity contribution in [3.8, 4) is 0 Å². The fourth-order valence-corrected chi connectivity index (χ4v) is 1.93. The minimum absolute atomic E-state index is 0.0358. The second-order valence-electron chi connectivity index (χ2n) is 4.52. The van der Waals surface area contributed by atoms with Crippen LogP contribution in [0.5, 0.6) is 0 Å². The first-order valence-corrected chi connectivity index (χ1v) is 6.09. The molecule has 0 atom stereocenters. The molecule has 1 aromatic heterocycles. The molecule has 5 heteroatoms. The standard InChI is InChI=1S/C13H17N3O2/c1-10(17)16-8-12(9-16)13(18)15-7-4-11-2-5-14-6-3-11/h2-3,5-6,12H,4,7-9H2,1H3,(H,15,18). The molecule has 0 aliphatic carbocycles. The van der Waals surface area contributed by atoms with Gasteiger partial charge in [0.2, 0.25) is 11.8 Å². The Balaban J connectivity index is 1.66. The monoisotopic (exact) mass is 247 g/mol. The maximum Gasteiger partial charge on any atom is 0.226 e. The minimum Gasteiger partial charge on any atom is -0.355 e. The van der Waals surface area contributed by atoms with E-state index in [9.17, 15) is 9.59 Å². The molecule has 0 saturated carbocycles. The summed E-state index contributed by atoms with van der Waals surface area (Å²) in [6, 6.07) is 3.87. The molecule has 0 spiro atoms. The molecule has 0 aromatic carbocycles. The lowest BCUT2D eigenvalue weighted by Gasteiger charge is -2.37. The number of amides is 2. The molecule has 0 unspecified atom stereocenters. The van der Waals surface area contributed by atoms with Crippen LogP contribution in [0.25, 0.3) is 0 Å². The Hall–Kier alpha value is -1.91. The molecule has 0 radical (unpaired) electrons. The van der Waals surface area contributed by atoms with E-state index < -0.39 is 0 Å². The topological polar surface area (TPSA) is 62.3 Å². The summed E-state index contributed by atoms with van der Waals surface area (Å²) >= 11 is 0. The van der Waals surface area contributed by atoms with Crippen molar-refractivity contribution in [3.63, 3.8) is 0 Å². The maximum atomic E-state index is 11.7. The largest absolute Gasteiger partial charge is 0.355 e. The van der Waals surface area contributed by atoms with Gasteiger partial charge in [0.25, 0.3) is 0 Å². The van der Waals surface area contributed by atoms with Crippen molar-refractivity contribution in [2.24, 2.45) is 5.92 Å². The lowest BCUT2D eigenvalue weighted by Crippen LogP contribution is -2.55. The smallest absolute Gasteiger partial charge is 0.226 e. The van der Waals surface area contributed by atoms with E-state index in [2.05, 4.69) is 10.3 Å².